The molecule has 122 valence electrons. The number of nitrogens with zero attached hydrogens (tertiary/aromatic N) is 3. The van der Waals surface area contributed by atoms with Crippen LogP contribution in [0.4, 0.5) is 11.4 Å². The summed E-state index contributed by atoms with van der Waals surface area (Å²) in [5.41, 5.74) is 0.945. The van der Waals surface area contributed by atoms with Gasteiger partial charge in [-0.15, -0.1) is 0 Å². The maximum absolute atomic E-state index is 12.1. The van der Waals surface area contributed by atoms with E-state index < -0.39 is 14.9 Å². The first-order chi connectivity index (χ1) is 10.4. The Bertz CT molecular complexity index is 607. The first-order valence-electron chi connectivity index (χ1n) is 7.41. The molecule has 1 heterocycles. The highest BCUT2D eigenvalue weighted by molar-refractivity contribution is 7.89. The third-order valence-electron chi connectivity index (χ3n) is 3.81. The number of nitro benzene ring substituents is 1. The molecule has 1 aliphatic heterocycles. The minimum absolute atomic E-state index is 0.0597. The Kier molecular flexibility index (Phi) is 5.36. The van der Waals surface area contributed by atoms with Gasteiger partial charge in [-0.1, -0.05) is 13.3 Å². The number of nitro groups is 1. The van der Waals surface area contributed by atoms with Gasteiger partial charge >= 0.3 is 0 Å². The first-order valence-corrected chi connectivity index (χ1v) is 9.02. The Labute approximate surface area is 130 Å². The standard InChI is InChI=1S/C14H21N3O4S/c1-2-3-12-22(20,21)16-10-8-15(9-11-16)13-4-6-14(7-5-13)17(18)19/h4-7H,2-3,8-12H2,1H3. The molecule has 0 aliphatic carbocycles. The number of hydrogen-bond donors (Lipinski definition) is 0. The van der Waals surface area contributed by atoms with Gasteiger partial charge in [0.05, 0.1) is 10.7 Å². The van der Waals surface area contributed by atoms with Gasteiger partial charge in [0, 0.05) is 44.0 Å². The van der Waals surface area contributed by atoms with E-state index in [9.17, 15) is 18.5 Å². The summed E-state index contributed by atoms with van der Waals surface area (Å²) in [5, 5.41) is 10.6. The Hall–Kier alpha value is -1.67. The van der Waals surface area contributed by atoms with Crippen molar-refractivity contribution >= 4 is 21.4 Å². The summed E-state index contributed by atoms with van der Waals surface area (Å²) in [5.74, 6) is 0.209. The van der Waals surface area contributed by atoms with Crippen LogP contribution in [-0.2, 0) is 10.0 Å². The molecule has 0 aromatic heterocycles. The van der Waals surface area contributed by atoms with E-state index in [-0.39, 0.29) is 11.4 Å². The number of non-ortho nitro benzene ring substituents is 1. The molecular formula is C14H21N3O4S. The van der Waals surface area contributed by atoms with Crippen LogP contribution in [0.3, 0.4) is 0 Å². The van der Waals surface area contributed by atoms with E-state index >= 15 is 0 Å². The molecule has 8 heteroatoms. The Morgan fingerprint density at radius 1 is 1.14 bits per heavy atom. The van der Waals surface area contributed by atoms with Crippen molar-refractivity contribution in [2.45, 2.75) is 19.8 Å². The summed E-state index contributed by atoms with van der Waals surface area (Å²) in [4.78, 5) is 12.3. The third kappa shape index (κ3) is 3.95. The monoisotopic (exact) mass is 327 g/mol. The van der Waals surface area contributed by atoms with Crippen molar-refractivity contribution in [2.24, 2.45) is 0 Å². The maximum atomic E-state index is 12.1. The topological polar surface area (TPSA) is 83.8 Å². The molecule has 2 rings (SSSR count). The molecule has 1 fully saturated rings. The van der Waals surface area contributed by atoms with Crippen molar-refractivity contribution in [3.63, 3.8) is 0 Å². The first kappa shape index (κ1) is 16.7. The zero-order chi connectivity index (χ0) is 16.2. The molecule has 0 radical (unpaired) electrons. The van der Waals surface area contributed by atoms with Crippen LogP contribution in [0.25, 0.3) is 0 Å². The summed E-state index contributed by atoms with van der Waals surface area (Å²) in [6.45, 7) is 4.10. The van der Waals surface area contributed by atoms with E-state index in [2.05, 4.69) is 4.90 Å². The molecule has 1 aromatic rings. The van der Waals surface area contributed by atoms with Crippen molar-refractivity contribution in [2.75, 3.05) is 36.8 Å². The van der Waals surface area contributed by atoms with E-state index in [0.717, 1.165) is 12.1 Å². The molecule has 0 saturated carbocycles. The van der Waals surface area contributed by atoms with Crippen LogP contribution in [-0.4, -0.2) is 49.6 Å². The predicted octanol–water partition coefficient (Wildman–Crippen LogP) is 1.85. The van der Waals surface area contributed by atoms with Crippen molar-refractivity contribution in [3.8, 4) is 0 Å². The van der Waals surface area contributed by atoms with Gasteiger partial charge < -0.3 is 4.90 Å². The van der Waals surface area contributed by atoms with Crippen LogP contribution in [0.2, 0.25) is 0 Å². The van der Waals surface area contributed by atoms with E-state index in [4.69, 9.17) is 0 Å². The fourth-order valence-corrected chi connectivity index (χ4v) is 4.10. The Morgan fingerprint density at radius 2 is 1.73 bits per heavy atom. The lowest BCUT2D eigenvalue weighted by atomic mass is 10.2. The van der Waals surface area contributed by atoms with Gasteiger partial charge in [-0.05, 0) is 18.6 Å². The fraction of sp³-hybridized carbons (Fsp3) is 0.571. The van der Waals surface area contributed by atoms with Gasteiger partial charge in [0.1, 0.15) is 0 Å². The highest BCUT2D eigenvalue weighted by Crippen LogP contribution is 2.21. The van der Waals surface area contributed by atoms with Gasteiger partial charge in [-0.3, -0.25) is 10.1 Å². The third-order valence-corrected chi connectivity index (χ3v) is 5.77. The molecule has 0 unspecified atom stereocenters. The molecule has 7 nitrogen and oxygen atoms in total. The highest BCUT2D eigenvalue weighted by atomic mass is 32.2. The van der Waals surface area contributed by atoms with Crippen LogP contribution in [0.15, 0.2) is 24.3 Å². The number of anilines is 1. The summed E-state index contributed by atoms with van der Waals surface area (Å²) in [7, 11) is -3.15. The van der Waals surface area contributed by atoms with Crippen LogP contribution in [0.5, 0.6) is 0 Å². The number of piperazine rings is 1. The van der Waals surface area contributed by atoms with Crippen LogP contribution in [0.1, 0.15) is 19.8 Å². The van der Waals surface area contributed by atoms with E-state index in [1.54, 1.807) is 16.4 Å². The predicted molar refractivity (Wildman–Crippen MR) is 85.6 cm³/mol. The number of hydrogen-bond acceptors (Lipinski definition) is 5. The average Bonchev–Trinajstić information content (AvgIpc) is 2.53. The maximum Gasteiger partial charge on any atom is 0.269 e. The van der Waals surface area contributed by atoms with Crippen molar-refractivity contribution in [1.29, 1.82) is 0 Å². The lowest BCUT2D eigenvalue weighted by Gasteiger charge is -2.35. The van der Waals surface area contributed by atoms with Gasteiger partial charge in [0.15, 0.2) is 0 Å². The molecule has 1 aromatic carbocycles. The second-order valence-corrected chi connectivity index (χ2v) is 7.42. The number of rotatable bonds is 6. The smallest absolute Gasteiger partial charge is 0.269 e. The SMILES string of the molecule is CCCCS(=O)(=O)N1CCN(c2ccc([N+](=O)[O-])cc2)CC1. The lowest BCUT2D eigenvalue weighted by molar-refractivity contribution is -0.384. The minimum atomic E-state index is -3.15. The highest BCUT2D eigenvalue weighted by Gasteiger charge is 2.26. The van der Waals surface area contributed by atoms with Crippen molar-refractivity contribution in [1.82, 2.24) is 4.31 Å². The van der Waals surface area contributed by atoms with Gasteiger partial charge in [-0.25, -0.2) is 8.42 Å². The van der Waals surface area contributed by atoms with E-state index in [1.807, 2.05) is 6.92 Å². The Balaban J connectivity index is 1.95. The summed E-state index contributed by atoms with van der Waals surface area (Å²) in [6.07, 6.45) is 1.55. The summed E-state index contributed by atoms with van der Waals surface area (Å²) < 4.78 is 25.8. The molecule has 22 heavy (non-hydrogen) atoms. The van der Waals surface area contributed by atoms with E-state index in [0.29, 0.717) is 32.6 Å². The van der Waals surface area contributed by atoms with Gasteiger partial charge in [0.2, 0.25) is 10.0 Å². The molecule has 0 amide bonds. The van der Waals surface area contributed by atoms with Crippen molar-refractivity contribution in [3.05, 3.63) is 34.4 Å². The molecular weight excluding hydrogens is 306 g/mol. The minimum Gasteiger partial charge on any atom is -0.369 e. The zero-order valence-corrected chi connectivity index (χ0v) is 13.5. The normalized spacial score (nSPS) is 16.7. The van der Waals surface area contributed by atoms with Gasteiger partial charge in [0.25, 0.3) is 5.69 Å². The van der Waals surface area contributed by atoms with Gasteiger partial charge in [-0.2, -0.15) is 4.31 Å². The van der Waals surface area contributed by atoms with Crippen LogP contribution in [0, 0.1) is 10.1 Å². The van der Waals surface area contributed by atoms with Crippen LogP contribution >= 0.6 is 0 Å². The number of benzene rings is 1. The molecule has 0 atom stereocenters. The Morgan fingerprint density at radius 3 is 2.23 bits per heavy atom. The number of sulfonamides is 1. The average molecular weight is 327 g/mol. The quantitative estimate of drug-likeness (QED) is 0.588. The van der Waals surface area contributed by atoms with E-state index in [1.165, 1.54) is 12.1 Å². The molecule has 0 spiro atoms. The second-order valence-electron chi connectivity index (χ2n) is 5.33. The number of unbranched alkanes of at least 4 members (excludes halogenated alkanes) is 1. The summed E-state index contributed by atoms with van der Waals surface area (Å²) in [6, 6.07) is 6.36. The molecule has 0 N–H and O–H groups in total. The zero-order valence-electron chi connectivity index (χ0n) is 12.6. The van der Waals surface area contributed by atoms with Crippen LogP contribution < -0.4 is 4.90 Å². The van der Waals surface area contributed by atoms with Crippen molar-refractivity contribution < 1.29 is 13.3 Å². The second kappa shape index (κ2) is 7.06. The molecule has 0 bridgehead atoms. The molecule has 1 saturated heterocycles. The lowest BCUT2D eigenvalue weighted by Crippen LogP contribution is -2.49. The molecule has 1 aliphatic rings. The summed E-state index contributed by atoms with van der Waals surface area (Å²) >= 11 is 0. The fourth-order valence-electron chi connectivity index (χ4n) is 2.47. The largest absolute Gasteiger partial charge is 0.369 e.